The Hall–Kier alpha value is -0.940. The molecule has 1 heteroatoms. The van der Waals surface area contributed by atoms with Crippen LogP contribution in [0.25, 0.3) is 0 Å². The third-order valence-corrected chi connectivity index (χ3v) is 1.69. The summed E-state index contributed by atoms with van der Waals surface area (Å²) >= 11 is 0. The summed E-state index contributed by atoms with van der Waals surface area (Å²) in [7, 11) is 0. The summed E-state index contributed by atoms with van der Waals surface area (Å²) in [5, 5.41) is 0. The molecule has 0 heterocycles. The van der Waals surface area contributed by atoms with Crippen LogP contribution in [0.5, 0.6) is 0 Å². The number of unbranched alkanes of at least 4 members (excludes halogenated alkanes) is 1. The number of hydrogen-bond acceptors (Lipinski definition) is 1. The highest BCUT2D eigenvalue weighted by Crippen LogP contribution is 2.12. The van der Waals surface area contributed by atoms with E-state index in [0.717, 1.165) is 12.0 Å². The summed E-state index contributed by atoms with van der Waals surface area (Å²) in [6, 6.07) is 0. The summed E-state index contributed by atoms with van der Waals surface area (Å²) in [5.41, 5.74) is 3.66. The van der Waals surface area contributed by atoms with E-state index in [1.54, 1.807) is 0 Å². The van der Waals surface area contributed by atoms with Crippen LogP contribution in [0.15, 0.2) is 30.7 Å². The average molecular weight is 166 g/mol. The van der Waals surface area contributed by atoms with Gasteiger partial charge in [-0.25, -0.2) is 0 Å². The fourth-order valence-corrected chi connectivity index (χ4v) is 0.950. The van der Waals surface area contributed by atoms with E-state index in [1.807, 2.05) is 6.92 Å². The molecule has 0 aliphatic rings. The van der Waals surface area contributed by atoms with Crippen LogP contribution in [-0.2, 0) is 4.74 Å². The first-order valence-corrected chi connectivity index (χ1v) is 4.37. The maximum absolute atomic E-state index is 5.36. The second-order valence-electron chi connectivity index (χ2n) is 2.94. The maximum Gasteiger partial charge on any atom is 0.125 e. The molecular weight excluding hydrogens is 148 g/mol. The zero-order chi connectivity index (χ0) is 9.40. The van der Waals surface area contributed by atoms with E-state index >= 15 is 0 Å². The Morgan fingerprint density at radius 3 is 2.75 bits per heavy atom. The molecule has 0 saturated heterocycles. The largest absolute Gasteiger partial charge is 0.486 e. The molecule has 0 radical (unpaired) electrons. The van der Waals surface area contributed by atoms with Gasteiger partial charge in [0, 0.05) is 0 Å². The Bertz CT molecular complexity index is 175. The van der Waals surface area contributed by atoms with Gasteiger partial charge in [-0.05, 0) is 25.3 Å². The Labute approximate surface area is 75.4 Å². The second-order valence-corrected chi connectivity index (χ2v) is 2.94. The number of rotatable bonds is 6. The van der Waals surface area contributed by atoms with Crippen molar-refractivity contribution in [1.29, 1.82) is 0 Å². The molecule has 0 fully saturated rings. The second kappa shape index (κ2) is 6.75. The van der Waals surface area contributed by atoms with Crippen molar-refractivity contribution in [2.45, 2.75) is 39.2 Å². The third-order valence-electron chi connectivity index (χ3n) is 1.69. The molecule has 0 aromatic carbocycles. The molecule has 0 saturated carbocycles. The monoisotopic (exact) mass is 166 g/mol. The Morgan fingerprint density at radius 1 is 1.67 bits per heavy atom. The van der Waals surface area contributed by atoms with Gasteiger partial charge in [0.15, 0.2) is 0 Å². The van der Waals surface area contributed by atoms with Gasteiger partial charge in [-0.1, -0.05) is 32.2 Å². The zero-order valence-corrected chi connectivity index (χ0v) is 8.10. The van der Waals surface area contributed by atoms with Gasteiger partial charge in [0.2, 0.25) is 0 Å². The molecule has 0 aromatic rings. The van der Waals surface area contributed by atoms with Gasteiger partial charge in [-0.15, -0.1) is 0 Å². The average Bonchev–Trinajstić information content (AvgIpc) is 2.04. The molecule has 0 spiro atoms. The van der Waals surface area contributed by atoms with Crippen LogP contribution >= 0.6 is 0 Å². The van der Waals surface area contributed by atoms with Gasteiger partial charge < -0.3 is 4.74 Å². The highest BCUT2D eigenvalue weighted by Gasteiger charge is 2.07. The molecule has 0 amide bonds. The molecule has 1 nitrogen and oxygen atoms in total. The lowest BCUT2D eigenvalue weighted by atomic mass is 10.1. The summed E-state index contributed by atoms with van der Waals surface area (Å²) in [5.74, 6) is 0. The predicted molar refractivity (Wildman–Crippen MR) is 52.9 cm³/mol. The van der Waals surface area contributed by atoms with Crippen molar-refractivity contribution in [1.82, 2.24) is 0 Å². The van der Waals surface area contributed by atoms with Crippen LogP contribution in [0.1, 0.15) is 33.1 Å². The van der Waals surface area contributed by atoms with Crippen molar-refractivity contribution < 1.29 is 4.74 Å². The molecule has 0 rings (SSSR count). The Balaban J connectivity index is 3.86. The first-order chi connectivity index (χ1) is 5.72. The normalized spacial score (nSPS) is 11.5. The van der Waals surface area contributed by atoms with Crippen molar-refractivity contribution in [3.05, 3.63) is 30.7 Å². The van der Waals surface area contributed by atoms with Gasteiger partial charge in [-0.3, -0.25) is 0 Å². The molecule has 0 bridgehead atoms. The van der Waals surface area contributed by atoms with E-state index in [4.69, 9.17) is 4.74 Å². The van der Waals surface area contributed by atoms with Gasteiger partial charge in [0.05, 0.1) is 0 Å². The summed E-state index contributed by atoms with van der Waals surface area (Å²) in [6.07, 6.45) is 5.03. The predicted octanol–water partition coefficient (Wildman–Crippen LogP) is 3.44. The van der Waals surface area contributed by atoms with Gasteiger partial charge in [0.25, 0.3) is 0 Å². The van der Waals surface area contributed by atoms with E-state index < -0.39 is 0 Å². The Kier molecular flexibility index (Phi) is 6.22. The van der Waals surface area contributed by atoms with Gasteiger partial charge in [0.1, 0.15) is 12.4 Å². The van der Waals surface area contributed by atoms with Crippen LogP contribution in [0.2, 0.25) is 0 Å². The molecule has 12 heavy (non-hydrogen) atoms. The topological polar surface area (TPSA) is 9.23 Å². The molecule has 0 N–H and O–H groups in total. The van der Waals surface area contributed by atoms with E-state index in [9.17, 15) is 0 Å². The summed E-state index contributed by atoms with van der Waals surface area (Å²) in [4.78, 5) is 0. The molecule has 1 unspecified atom stereocenters. The smallest absolute Gasteiger partial charge is 0.125 e. The fraction of sp³-hybridized carbons (Fsp3) is 0.545. The van der Waals surface area contributed by atoms with E-state index in [-0.39, 0.29) is 6.10 Å². The quantitative estimate of drug-likeness (QED) is 0.333. The van der Waals surface area contributed by atoms with Crippen LogP contribution < -0.4 is 0 Å². The summed E-state index contributed by atoms with van der Waals surface area (Å²) < 4.78 is 5.36. The highest BCUT2D eigenvalue weighted by atomic mass is 16.5. The maximum atomic E-state index is 5.36. The highest BCUT2D eigenvalue weighted by molar-refractivity contribution is 4.98. The van der Waals surface area contributed by atoms with Crippen molar-refractivity contribution in [3.63, 3.8) is 0 Å². The van der Waals surface area contributed by atoms with Crippen molar-refractivity contribution in [2.75, 3.05) is 0 Å². The first-order valence-electron chi connectivity index (χ1n) is 4.37. The van der Waals surface area contributed by atoms with Gasteiger partial charge >= 0.3 is 0 Å². The van der Waals surface area contributed by atoms with Crippen molar-refractivity contribution >= 4 is 0 Å². The van der Waals surface area contributed by atoms with Crippen LogP contribution in [0.4, 0.5) is 0 Å². The fourth-order valence-electron chi connectivity index (χ4n) is 0.950. The molecular formula is C11H18O. The first kappa shape index (κ1) is 11.1. The van der Waals surface area contributed by atoms with Crippen LogP contribution in [0, 0.1) is 0 Å². The summed E-state index contributed by atoms with van der Waals surface area (Å²) in [6.45, 7) is 11.5. The minimum atomic E-state index is 0.138. The lowest BCUT2D eigenvalue weighted by Crippen LogP contribution is -2.10. The van der Waals surface area contributed by atoms with E-state index in [2.05, 4.69) is 25.8 Å². The lowest BCUT2D eigenvalue weighted by Gasteiger charge is -2.15. The number of hydrogen-bond donors (Lipinski definition) is 0. The van der Waals surface area contributed by atoms with Crippen molar-refractivity contribution in [2.24, 2.45) is 0 Å². The van der Waals surface area contributed by atoms with E-state index in [0.29, 0.717) is 0 Å². The SMILES string of the molecule is C=C=COC(CCCC)C(=C)C. The minimum Gasteiger partial charge on any atom is -0.486 e. The van der Waals surface area contributed by atoms with Crippen LogP contribution in [-0.4, -0.2) is 6.10 Å². The molecule has 0 aliphatic heterocycles. The molecule has 0 aliphatic carbocycles. The zero-order valence-electron chi connectivity index (χ0n) is 8.10. The third kappa shape index (κ3) is 4.81. The van der Waals surface area contributed by atoms with Gasteiger partial charge in [-0.2, -0.15) is 0 Å². The van der Waals surface area contributed by atoms with Crippen LogP contribution in [0.3, 0.4) is 0 Å². The standard InChI is InChI=1S/C11H18O/c1-5-7-8-11(10(3)4)12-9-6-2/h9,11H,2-3,5,7-8H2,1,4H3. The Morgan fingerprint density at radius 2 is 2.33 bits per heavy atom. The lowest BCUT2D eigenvalue weighted by molar-refractivity contribution is 0.165. The molecule has 68 valence electrons. The van der Waals surface area contributed by atoms with Crippen molar-refractivity contribution in [3.8, 4) is 0 Å². The number of ether oxygens (including phenoxy) is 1. The molecule has 0 aromatic heterocycles. The molecule has 1 atom stereocenters. The minimum absolute atomic E-state index is 0.138. The van der Waals surface area contributed by atoms with E-state index in [1.165, 1.54) is 19.1 Å².